The van der Waals surface area contributed by atoms with Gasteiger partial charge in [0, 0.05) is 17.5 Å². The van der Waals surface area contributed by atoms with E-state index in [9.17, 15) is 0 Å². The minimum atomic E-state index is 0.257. The Morgan fingerprint density at radius 3 is 2.64 bits per heavy atom. The predicted octanol–water partition coefficient (Wildman–Crippen LogP) is 2.94. The van der Waals surface area contributed by atoms with Gasteiger partial charge in [-0.1, -0.05) is 6.07 Å². The van der Waals surface area contributed by atoms with E-state index < -0.39 is 0 Å². The van der Waals surface area contributed by atoms with Crippen molar-refractivity contribution in [2.75, 3.05) is 18.1 Å². The molecule has 0 atom stereocenters. The second-order valence-corrected chi connectivity index (χ2v) is 5.55. The molecular formula is C11H18N2S. The zero-order valence-electron chi connectivity index (χ0n) is 9.29. The van der Waals surface area contributed by atoms with Gasteiger partial charge in [0.1, 0.15) is 5.82 Å². The fourth-order valence-electron chi connectivity index (χ4n) is 0.948. The summed E-state index contributed by atoms with van der Waals surface area (Å²) in [7, 11) is 0. The number of nitrogens with one attached hydrogen (secondary N) is 1. The summed E-state index contributed by atoms with van der Waals surface area (Å²) in [6.45, 7) is 7.42. The summed E-state index contributed by atoms with van der Waals surface area (Å²) < 4.78 is 0.257. The molecule has 78 valence electrons. The van der Waals surface area contributed by atoms with E-state index >= 15 is 0 Å². The summed E-state index contributed by atoms with van der Waals surface area (Å²) in [5, 5.41) is 3.33. The Bertz CT molecular complexity index is 280. The van der Waals surface area contributed by atoms with E-state index in [0.29, 0.717) is 0 Å². The van der Waals surface area contributed by atoms with Crippen LogP contribution in [0.4, 0.5) is 5.82 Å². The van der Waals surface area contributed by atoms with Crippen LogP contribution < -0.4 is 5.32 Å². The minimum absolute atomic E-state index is 0.257. The monoisotopic (exact) mass is 210 g/mol. The van der Waals surface area contributed by atoms with Crippen molar-refractivity contribution >= 4 is 17.6 Å². The molecule has 1 rings (SSSR count). The molecule has 0 unspecified atom stereocenters. The standard InChI is InChI=1S/C11H18N2S/c1-9-5-6-10(12-7-9)13-8-11(2,3)14-4/h5-7H,8H2,1-4H3,(H,12,13). The average molecular weight is 210 g/mol. The lowest BCUT2D eigenvalue weighted by molar-refractivity contribution is 0.750. The van der Waals surface area contributed by atoms with E-state index in [-0.39, 0.29) is 4.75 Å². The molecule has 1 aromatic rings. The summed E-state index contributed by atoms with van der Waals surface area (Å²) >= 11 is 1.86. The Morgan fingerprint density at radius 1 is 1.43 bits per heavy atom. The van der Waals surface area contributed by atoms with Crippen LogP contribution in [0.5, 0.6) is 0 Å². The Hall–Kier alpha value is -0.700. The highest BCUT2D eigenvalue weighted by molar-refractivity contribution is 7.99. The summed E-state index contributed by atoms with van der Waals surface area (Å²) in [4.78, 5) is 4.30. The molecule has 0 spiro atoms. The van der Waals surface area contributed by atoms with Gasteiger partial charge in [0.15, 0.2) is 0 Å². The molecule has 1 N–H and O–H groups in total. The van der Waals surface area contributed by atoms with Gasteiger partial charge in [0.05, 0.1) is 0 Å². The van der Waals surface area contributed by atoms with Crippen molar-refractivity contribution in [1.82, 2.24) is 4.98 Å². The zero-order chi connectivity index (χ0) is 10.6. The van der Waals surface area contributed by atoms with E-state index in [2.05, 4.69) is 36.5 Å². The largest absolute Gasteiger partial charge is 0.369 e. The van der Waals surface area contributed by atoms with Crippen LogP contribution in [0.3, 0.4) is 0 Å². The van der Waals surface area contributed by atoms with Gasteiger partial charge in [-0.25, -0.2) is 4.98 Å². The van der Waals surface area contributed by atoms with Crippen LogP contribution >= 0.6 is 11.8 Å². The highest BCUT2D eigenvalue weighted by atomic mass is 32.2. The molecule has 14 heavy (non-hydrogen) atoms. The van der Waals surface area contributed by atoms with Crippen LogP contribution in [0.15, 0.2) is 18.3 Å². The number of aromatic nitrogens is 1. The van der Waals surface area contributed by atoms with Crippen LogP contribution in [-0.4, -0.2) is 22.5 Å². The maximum atomic E-state index is 4.30. The van der Waals surface area contributed by atoms with Crippen LogP contribution in [0.1, 0.15) is 19.4 Å². The van der Waals surface area contributed by atoms with Crippen molar-refractivity contribution < 1.29 is 0 Å². The van der Waals surface area contributed by atoms with E-state index in [1.165, 1.54) is 5.56 Å². The van der Waals surface area contributed by atoms with E-state index in [0.717, 1.165) is 12.4 Å². The zero-order valence-corrected chi connectivity index (χ0v) is 10.1. The van der Waals surface area contributed by atoms with Gasteiger partial charge in [-0.2, -0.15) is 11.8 Å². The molecule has 0 aromatic carbocycles. The highest BCUT2D eigenvalue weighted by Crippen LogP contribution is 2.21. The highest BCUT2D eigenvalue weighted by Gasteiger charge is 2.15. The fourth-order valence-corrected chi connectivity index (χ4v) is 1.16. The van der Waals surface area contributed by atoms with Crippen molar-refractivity contribution in [3.8, 4) is 0 Å². The first-order valence-corrected chi connectivity index (χ1v) is 5.98. The number of pyridine rings is 1. The normalized spacial score (nSPS) is 11.4. The lowest BCUT2D eigenvalue weighted by Crippen LogP contribution is -2.26. The lowest BCUT2D eigenvalue weighted by Gasteiger charge is -2.22. The van der Waals surface area contributed by atoms with Crippen molar-refractivity contribution in [2.45, 2.75) is 25.5 Å². The van der Waals surface area contributed by atoms with Gasteiger partial charge < -0.3 is 5.32 Å². The number of aryl methyl sites for hydroxylation is 1. The van der Waals surface area contributed by atoms with Crippen LogP contribution in [-0.2, 0) is 0 Å². The Labute approximate surface area is 90.5 Å². The number of thioether (sulfide) groups is 1. The SMILES string of the molecule is CSC(C)(C)CNc1ccc(C)cn1. The van der Waals surface area contributed by atoms with Crippen molar-refractivity contribution in [2.24, 2.45) is 0 Å². The number of anilines is 1. The van der Waals surface area contributed by atoms with Crippen LogP contribution in [0.2, 0.25) is 0 Å². The molecule has 0 aliphatic rings. The average Bonchev–Trinajstić information content (AvgIpc) is 2.17. The molecular weight excluding hydrogens is 192 g/mol. The number of rotatable bonds is 4. The third kappa shape index (κ3) is 3.58. The molecule has 0 saturated heterocycles. The van der Waals surface area contributed by atoms with Crippen LogP contribution in [0, 0.1) is 6.92 Å². The smallest absolute Gasteiger partial charge is 0.125 e. The molecule has 3 heteroatoms. The topological polar surface area (TPSA) is 24.9 Å². The molecule has 1 heterocycles. The lowest BCUT2D eigenvalue weighted by atomic mass is 10.2. The first kappa shape index (κ1) is 11.4. The predicted molar refractivity (Wildman–Crippen MR) is 65.1 cm³/mol. The molecule has 0 aliphatic carbocycles. The van der Waals surface area contributed by atoms with E-state index in [4.69, 9.17) is 0 Å². The first-order valence-electron chi connectivity index (χ1n) is 4.75. The van der Waals surface area contributed by atoms with E-state index in [1.54, 1.807) is 0 Å². The Kier molecular flexibility index (Phi) is 3.81. The van der Waals surface area contributed by atoms with E-state index in [1.807, 2.05) is 30.9 Å². The summed E-state index contributed by atoms with van der Waals surface area (Å²) in [5.41, 5.74) is 1.19. The molecule has 0 bridgehead atoms. The molecule has 2 nitrogen and oxygen atoms in total. The molecule has 0 saturated carbocycles. The van der Waals surface area contributed by atoms with Crippen LogP contribution in [0.25, 0.3) is 0 Å². The van der Waals surface area contributed by atoms with Gasteiger partial charge in [0.2, 0.25) is 0 Å². The minimum Gasteiger partial charge on any atom is -0.369 e. The third-order valence-corrected chi connectivity index (χ3v) is 3.41. The third-order valence-electron chi connectivity index (χ3n) is 2.16. The second-order valence-electron chi connectivity index (χ2n) is 4.04. The quantitative estimate of drug-likeness (QED) is 0.827. The van der Waals surface area contributed by atoms with Gasteiger partial charge in [-0.3, -0.25) is 0 Å². The van der Waals surface area contributed by atoms with Gasteiger partial charge in [0.25, 0.3) is 0 Å². The molecule has 0 fully saturated rings. The number of hydrogen-bond acceptors (Lipinski definition) is 3. The second kappa shape index (κ2) is 4.69. The molecule has 0 radical (unpaired) electrons. The Balaban J connectivity index is 2.50. The Morgan fingerprint density at radius 2 is 2.14 bits per heavy atom. The molecule has 0 aliphatic heterocycles. The van der Waals surface area contributed by atoms with Gasteiger partial charge >= 0.3 is 0 Å². The van der Waals surface area contributed by atoms with Crippen molar-refractivity contribution in [3.05, 3.63) is 23.9 Å². The molecule has 0 amide bonds. The van der Waals surface area contributed by atoms with Crippen molar-refractivity contribution in [3.63, 3.8) is 0 Å². The fraction of sp³-hybridized carbons (Fsp3) is 0.545. The van der Waals surface area contributed by atoms with Gasteiger partial charge in [-0.15, -0.1) is 0 Å². The number of nitrogens with zero attached hydrogens (tertiary/aromatic N) is 1. The summed E-state index contributed by atoms with van der Waals surface area (Å²) in [6.07, 6.45) is 4.01. The summed E-state index contributed by atoms with van der Waals surface area (Å²) in [6, 6.07) is 4.09. The van der Waals surface area contributed by atoms with Gasteiger partial charge in [-0.05, 0) is 38.7 Å². The first-order chi connectivity index (χ1) is 6.53. The summed E-state index contributed by atoms with van der Waals surface area (Å²) in [5.74, 6) is 0.956. The number of hydrogen-bond donors (Lipinski definition) is 1. The maximum absolute atomic E-state index is 4.30. The molecule has 1 aromatic heterocycles. The van der Waals surface area contributed by atoms with Crippen molar-refractivity contribution in [1.29, 1.82) is 0 Å². The maximum Gasteiger partial charge on any atom is 0.125 e.